The number of likely N-dealkylation sites (tertiary alicyclic amines) is 1. The van der Waals surface area contributed by atoms with Crippen molar-refractivity contribution in [3.05, 3.63) is 28.8 Å². The van der Waals surface area contributed by atoms with Crippen molar-refractivity contribution in [2.45, 2.75) is 31.4 Å². The Kier molecular flexibility index (Phi) is 3.30. The second-order valence-corrected chi connectivity index (χ2v) is 5.53. The fourth-order valence-electron chi connectivity index (χ4n) is 2.83. The minimum Gasteiger partial charge on any atom is -0.480 e. The first-order valence-electron chi connectivity index (χ1n) is 6.54. The van der Waals surface area contributed by atoms with Gasteiger partial charge in [-0.2, -0.15) is 0 Å². The van der Waals surface area contributed by atoms with Crippen LogP contribution in [0.2, 0.25) is 5.02 Å². The van der Waals surface area contributed by atoms with E-state index in [1.165, 1.54) is 4.90 Å². The summed E-state index contributed by atoms with van der Waals surface area (Å²) >= 11 is 5.91. The van der Waals surface area contributed by atoms with Crippen molar-refractivity contribution in [2.24, 2.45) is 0 Å². The van der Waals surface area contributed by atoms with Gasteiger partial charge in [0, 0.05) is 18.0 Å². The average molecular weight is 296 g/mol. The molecule has 1 N–H and O–H groups in total. The zero-order valence-electron chi connectivity index (χ0n) is 10.7. The normalized spacial score (nSPS) is 24.4. The standard InChI is InChI=1S/C14H14ClNO4/c15-9-3-4-11-8(6-9)7-12(20-11)13(17)16-5-1-2-10(16)14(18)19/h3-4,6,10,12H,1-2,5,7H2,(H,18,19)/t10-,12+/m1/s1. The van der Waals surface area contributed by atoms with E-state index >= 15 is 0 Å². The minimum absolute atomic E-state index is 0.248. The van der Waals surface area contributed by atoms with Crippen molar-refractivity contribution in [1.82, 2.24) is 4.90 Å². The molecule has 0 aromatic heterocycles. The molecule has 0 radical (unpaired) electrons. The molecule has 2 heterocycles. The molecule has 0 aliphatic carbocycles. The number of rotatable bonds is 2. The number of carboxylic acid groups (broad SMARTS) is 1. The van der Waals surface area contributed by atoms with Crippen LogP contribution in [0.5, 0.6) is 5.75 Å². The Bertz CT molecular complexity index is 574. The molecule has 3 rings (SSSR count). The van der Waals surface area contributed by atoms with Crippen molar-refractivity contribution < 1.29 is 19.4 Å². The molecule has 1 fully saturated rings. The van der Waals surface area contributed by atoms with Gasteiger partial charge in [-0.05, 0) is 36.6 Å². The van der Waals surface area contributed by atoms with Crippen molar-refractivity contribution in [2.75, 3.05) is 6.54 Å². The third kappa shape index (κ3) is 2.22. The Morgan fingerprint density at radius 2 is 2.20 bits per heavy atom. The van der Waals surface area contributed by atoms with E-state index in [-0.39, 0.29) is 5.91 Å². The van der Waals surface area contributed by atoms with Crippen LogP contribution >= 0.6 is 11.6 Å². The van der Waals surface area contributed by atoms with E-state index < -0.39 is 18.1 Å². The number of carbonyl (C=O) groups excluding carboxylic acids is 1. The van der Waals surface area contributed by atoms with Crippen molar-refractivity contribution in [1.29, 1.82) is 0 Å². The highest BCUT2D eigenvalue weighted by molar-refractivity contribution is 6.30. The SMILES string of the molecule is O=C(O)[C@H]1CCCN1C(=O)[C@@H]1Cc2cc(Cl)ccc2O1. The largest absolute Gasteiger partial charge is 0.480 e. The molecule has 2 aliphatic heterocycles. The van der Waals surface area contributed by atoms with Gasteiger partial charge in [0.05, 0.1) is 0 Å². The van der Waals surface area contributed by atoms with E-state index in [4.69, 9.17) is 21.4 Å². The van der Waals surface area contributed by atoms with Gasteiger partial charge in [0.25, 0.3) is 5.91 Å². The Morgan fingerprint density at radius 3 is 2.95 bits per heavy atom. The molecule has 5 nitrogen and oxygen atoms in total. The average Bonchev–Trinajstić information content (AvgIpc) is 3.03. The van der Waals surface area contributed by atoms with E-state index in [1.54, 1.807) is 18.2 Å². The zero-order chi connectivity index (χ0) is 14.3. The third-order valence-corrected chi connectivity index (χ3v) is 4.03. The molecule has 1 amide bonds. The molecule has 1 saturated heterocycles. The fourth-order valence-corrected chi connectivity index (χ4v) is 3.02. The maximum atomic E-state index is 12.4. The number of ether oxygens (including phenoxy) is 1. The van der Waals surface area contributed by atoms with Gasteiger partial charge in [0.2, 0.25) is 0 Å². The van der Waals surface area contributed by atoms with Crippen molar-refractivity contribution in [3.63, 3.8) is 0 Å². The summed E-state index contributed by atoms with van der Waals surface area (Å²) in [6.45, 7) is 0.479. The molecule has 0 saturated carbocycles. The zero-order valence-corrected chi connectivity index (χ0v) is 11.5. The molecular formula is C14H14ClNO4. The Morgan fingerprint density at radius 1 is 1.40 bits per heavy atom. The highest BCUT2D eigenvalue weighted by Gasteiger charge is 2.40. The van der Waals surface area contributed by atoms with Crippen LogP contribution in [0, 0.1) is 0 Å². The lowest BCUT2D eigenvalue weighted by Gasteiger charge is -2.24. The lowest BCUT2D eigenvalue weighted by atomic mass is 10.1. The van der Waals surface area contributed by atoms with Crippen LogP contribution in [-0.2, 0) is 16.0 Å². The summed E-state index contributed by atoms with van der Waals surface area (Å²) in [5.74, 6) is -0.546. The smallest absolute Gasteiger partial charge is 0.326 e. The highest BCUT2D eigenvalue weighted by atomic mass is 35.5. The van der Waals surface area contributed by atoms with Crippen LogP contribution < -0.4 is 4.74 Å². The summed E-state index contributed by atoms with van der Waals surface area (Å²) in [7, 11) is 0. The lowest BCUT2D eigenvalue weighted by molar-refractivity contribution is -0.150. The van der Waals surface area contributed by atoms with Crippen LogP contribution in [-0.4, -0.2) is 40.6 Å². The number of amides is 1. The van der Waals surface area contributed by atoms with Crippen LogP contribution in [0.3, 0.4) is 0 Å². The number of hydrogen-bond donors (Lipinski definition) is 1. The molecule has 2 atom stereocenters. The van der Waals surface area contributed by atoms with Gasteiger partial charge in [0.15, 0.2) is 6.10 Å². The van der Waals surface area contributed by atoms with Crippen LogP contribution in [0.4, 0.5) is 0 Å². The summed E-state index contributed by atoms with van der Waals surface area (Å²) < 4.78 is 5.62. The van der Waals surface area contributed by atoms with Crippen LogP contribution in [0.1, 0.15) is 18.4 Å². The minimum atomic E-state index is -0.950. The first-order chi connectivity index (χ1) is 9.56. The number of benzene rings is 1. The number of halogens is 1. The van der Waals surface area contributed by atoms with Gasteiger partial charge in [-0.15, -0.1) is 0 Å². The summed E-state index contributed by atoms with van der Waals surface area (Å²) in [5.41, 5.74) is 0.891. The summed E-state index contributed by atoms with van der Waals surface area (Å²) in [5, 5.41) is 9.74. The van der Waals surface area contributed by atoms with Gasteiger partial charge in [-0.25, -0.2) is 4.79 Å². The Labute approximate surface area is 121 Å². The molecule has 0 bridgehead atoms. The first-order valence-corrected chi connectivity index (χ1v) is 6.92. The first kappa shape index (κ1) is 13.2. The maximum Gasteiger partial charge on any atom is 0.326 e. The maximum absolute atomic E-state index is 12.4. The second kappa shape index (κ2) is 4.98. The fraction of sp³-hybridized carbons (Fsp3) is 0.429. The monoisotopic (exact) mass is 295 g/mol. The van der Waals surface area contributed by atoms with Crippen molar-refractivity contribution in [3.8, 4) is 5.75 Å². The molecule has 0 spiro atoms. The Balaban J connectivity index is 1.75. The van der Waals surface area contributed by atoms with Gasteiger partial charge in [-0.1, -0.05) is 11.6 Å². The van der Waals surface area contributed by atoms with E-state index in [1.807, 2.05) is 0 Å². The van der Waals surface area contributed by atoms with Gasteiger partial charge in [0.1, 0.15) is 11.8 Å². The number of carbonyl (C=O) groups is 2. The predicted molar refractivity (Wildman–Crippen MR) is 71.9 cm³/mol. The molecule has 106 valence electrons. The third-order valence-electron chi connectivity index (χ3n) is 3.79. The van der Waals surface area contributed by atoms with Gasteiger partial charge in [-0.3, -0.25) is 4.79 Å². The second-order valence-electron chi connectivity index (χ2n) is 5.09. The number of carboxylic acids is 1. The topological polar surface area (TPSA) is 66.8 Å². The van der Waals surface area contributed by atoms with Gasteiger partial charge < -0.3 is 14.7 Å². The van der Waals surface area contributed by atoms with E-state index in [9.17, 15) is 9.59 Å². The number of fused-ring (bicyclic) bond motifs is 1. The van der Waals surface area contributed by atoms with Gasteiger partial charge >= 0.3 is 5.97 Å². The summed E-state index contributed by atoms with van der Waals surface area (Å²) in [4.78, 5) is 25.0. The van der Waals surface area contributed by atoms with E-state index in [0.717, 1.165) is 5.56 Å². The van der Waals surface area contributed by atoms with Crippen LogP contribution in [0.25, 0.3) is 0 Å². The van der Waals surface area contributed by atoms with Crippen molar-refractivity contribution >= 4 is 23.5 Å². The number of aliphatic carboxylic acids is 1. The van der Waals surface area contributed by atoms with E-state index in [2.05, 4.69) is 0 Å². The molecule has 0 unspecified atom stereocenters. The molecule has 2 aliphatic rings. The molecular weight excluding hydrogens is 282 g/mol. The van der Waals surface area contributed by atoms with E-state index in [0.29, 0.717) is 36.6 Å². The summed E-state index contributed by atoms with van der Waals surface area (Å²) in [6, 6.07) is 4.51. The number of nitrogens with zero attached hydrogens (tertiary/aromatic N) is 1. The van der Waals surface area contributed by atoms with Crippen LogP contribution in [0.15, 0.2) is 18.2 Å². The quantitative estimate of drug-likeness (QED) is 0.902. The molecule has 20 heavy (non-hydrogen) atoms. The lowest BCUT2D eigenvalue weighted by Crippen LogP contribution is -2.46. The Hall–Kier alpha value is -1.75. The molecule has 1 aromatic rings. The number of hydrogen-bond acceptors (Lipinski definition) is 3. The summed E-state index contributed by atoms with van der Waals surface area (Å²) in [6.07, 6.45) is 1.03. The highest BCUT2D eigenvalue weighted by Crippen LogP contribution is 2.32. The molecule has 6 heteroatoms. The predicted octanol–water partition coefficient (Wildman–Crippen LogP) is 1.72. The molecule has 1 aromatic carbocycles.